The Morgan fingerprint density at radius 1 is 1.28 bits per heavy atom. The van der Waals surface area contributed by atoms with Crippen molar-refractivity contribution in [1.29, 1.82) is 0 Å². The van der Waals surface area contributed by atoms with Gasteiger partial charge >= 0.3 is 0 Å². The molecule has 0 amide bonds. The summed E-state index contributed by atoms with van der Waals surface area (Å²) in [5.74, 6) is 0.184. The summed E-state index contributed by atoms with van der Waals surface area (Å²) >= 11 is 0. The highest BCUT2D eigenvalue weighted by Crippen LogP contribution is 2.38. The SMILES string of the molecule is COC/C=C\[C@]1(O)CCCC[C@@H]1CC(OC)OC. The van der Waals surface area contributed by atoms with E-state index in [-0.39, 0.29) is 12.2 Å². The first-order valence-corrected chi connectivity index (χ1v) is 6.61. The van der Waals surface area contributed by atoms with E-state index in [4.69, 9.17) is 14.2 Å². The van der Waals surface area contributed by atoms with Gasteiger partial charge in [-0.25, -0.2) is 0 Å². The molecule has 2 atom stereocenters. The summed E-state index contributed by atoms with van der Waals surface area (Å²) in [5.41, 5.74) is -0.744. The number of hydrogen-bond donors (Lipinski definition) is 1. The summed E-state index contributed by atoms with van der Waals surface area (Å²) in [6, 6.07) is 0. The second-order valence-electron chi connectivity index (χ2n) is 4.93. The zero-order chi connectivity index (χ0) is 13.4. The summed E-state index contributed by atoms with van der Waals surface area (Å²) in [6.07, 6.45) is 8.31. The third-order valence-corrected chi connectivity index (χ3v) is 3.76. The maximum absolute atomic E-state index is 10.7. The van der Waals surface area contributed by atoms with Crippen LogP contribution in [0.2, 0.25) is 0 Å². The van der Waals surface area contributed by atoms with Crippen LogP contribution in [0.25, 0.3) is 0 Å². The molecule has 0 radical (unpaired) electrons. The lowest BCUT2D eigenvalue weighted by Crippen LogP contribution is -2.41. The van der Waals surface area contributed by atoms with Crippen LogP contribution in [0.15, 0.2) is 12.2 Å². The number of ether oxygens (including phenoxy) is 3. The maximum atomic E-state index is 10.7. The van der Waals surface area contributed by atoms with Crippen molar-refractivity contribution in [3.8, 4) is 0 Å². The Morgan fingerprint density at radius 2 is 2.00 bits per heavy atom. The van der Waals surface area contributed by atoms with E-state index >= 15 is 0 Å². The number of rotatable bonds is 7. The van der Waals surface area contributed by atoms with Crippen molar-refractivity contribution < 1.29 is 19.3 Å². The summed E-state index contributed by atoms with van der Waals surface area (Å²) < 4.78 is 15.5. The smallest absolute Gasteiger partial charge is 0.157 e. The third-order valence-electron chi connectivity index (χ3n) is 3.76. The van der Waals surface area contributed by atoms with E-state index < -0.39 is 5.60 Å². The lowest BCUT2D eigenvalue weighted by molar-refractivity contribution is -0.133. The van der Waals surface area contributed by atoms with Crippen LogP contribution in [0.3, 0.4) is 0 Å². The fourth-order valence-electron chi connectivity index (χ4n) is 2.66. The Morgan fingerprint density at radius 3 is 2.61 bits per heavy atom. The first-order valence-electron chi connectivity index (χ1n) is 6.61. The molecule has 0 aliphatic heterocycles. The van der Waals surface area contributed by atoms with Gasteiger partial charge in [-0.1, -0.05) is 25.0 Å². The van der Waals surface area contributed by atoms with Gasteiger partial charge in [0.2, 0.25) is 0 Å². The van der Waals surface area contributed by atoms with E-state index in [0.29, 0.717) is 6.61 Å². The molecule has 1 rings (SSSR count). The van der Waals surface area contributed by atoms with Crippen LogP contribution in [-0.2, 0) is 14.2 Å². The zero-order valence-corrected chi connectivity index (χ0v) is 11.7. The van der Waals surface area contributed by atoms with Gasteiger partial charge in [0.15, 0.2) is 6.29 Å². The van der Waals surface area contributed by atoms with Gasteiger partial charge in [0.1, 0.15) is 0 Å². The van der Waals surface area contributed by atoms with Gasteiger partial charge in [-0.15, -0.1) is 0 Å². The quantitative estimate of drug-likeness (QED) is 0.561. The average molecular weight is 258 g/mol. The van der Waals surface area contributed by atoms with Crippen molar-refractivity contribution in [2.75, 3.05) is 27.9 Å². The van der Waals surface area contributed by atoms with E-state index in [0.717, 1.165) is 32.1 Å². The molecule has 0 aromatic carbocycles. The van der Waals surface area contributed by atoms with Crippen molar-refractivity contribution in [2.24, 2.45) is 5.92 Å². The predicted molar refractivity (Wildman–Crippen MR) is 70.3 cm³/mol. The predicted octanol–water partition coefficient (Wildman–Crippen LogP) is 2.12. The second-order valence-corrected chi connectivity index (χ2v) is 4.93. The van der Waals surface area contributed by atoms with Crippen molar-refractivity contribution in [2.45, 2.75) is 44.0 Å². The van der Waals surface area contributed by atoms with Crippen LogP contribution >= 0.6 is 0 Å². The molecule has 1 aliphatic rings. The minimum Gasteiger partial charge on any atom is -0.386 e. The lowest BCUT2D eigenvalue weighted by atomic mass is 9.73. The van der Waals surface area contributed by atoms with Gasteiger partial charge in [-0.2, -0.15) is 0 Å². The molecule has 1 saturated carbocycles. The first-order chi connectivity index (χ1) is 8.66. The minimum atomic E-state index is -0.744. The van der Waals surface area contributed by atoms with Crippen LogP contribution in [0.4, 0.5) is 0 Å². The Kier molecular flexibility index (Phi) is 6.86. The lowest BCUT2D eigenvalue weighted by Gasteiger charge is -2.39. The van der Waals surface area contributed by atoms with Gasteiger partial charge in [0.25, 0.3) is 0 Å². The molecule has 0 aromatic rings. The topological polar surface area (TPSA) is 47.9 Å². The highest BCUT2D eigenvalue weighted by molar-refractivity contribution is 5.06. The Balaban J connectivity index is 2.65. The number of aliphatic hydroxyl groups is 1. The van der Waals surface area contributed by atoms with Crippen LogP contribution in [-0.4, -0.2) is 44.9 Å². The van der Waals surface area contributed by atoms with E-state index in [1.165, 1.54) is 0 Å². The molecular formula is C14H26O4. The first kappa shape index (κ1) is 15.6. The normalized spacial score (nSPS) is 29.3. The molecule has 4 heteroatoms. The molecule has 0 aromatic heterocycles. The summed E-state index contributed by atoms with van der Waals surface area (Å²) in [4.78, 5) is 0. The molecule has 0 spiro atoms. The molecule has 4 nitrogen and oxygen atoms in total. The molecule has 0 bridgehead atoms. The van der Waals surface area contributed by atoms with Gasteiger partial charge in [0, 0.05) is 27.8 Å². The fraction of sp³-hybridized carbons (Fsp3) is 0.857. The molecule has 106 valence electrons. The average Bonchev–Trinajstić information content (AvgIpc) is 2.38. The standard InChI is InChI=1S/C14H26O4/c1-16-10-6-9-14(15)8-5-4-7-12(14)11-13(17-2)18-3/h6,9,12-13,15H,4-5,7-8,10-11H2,1-3H3/b9-6-/t12-,14-/m1/s1. The summed E-state index contributed by atoms with van der Waals surface area (Å²) in [6.45, 7) is 0.535. The number of methoxy groups -OCH3 is 3. The van der Waals surface area contributed by atoms with Gasteiger partial charge in [-0.05, 0) is 18.8 Å². The second kappa shape index (κ2) is 7.89. The molecule has 0 unspecified atom stereocenters. The van der Waals surface area contributed by atoms with E-state index in [2.05, 4.69) is 0 Å². The Bertz CT molecular complexity index is 250. The zero-order valence-electron chi connectivity index (χ0n) is 11.7. The largest absolute Gasteiger partial charge is 0.386 e. The molecular weight excluding hydrogens is 232 g/mol. The highest BCUT2D eigenvalue weighted by atomic mass is 16.7. The molecule has 0 heterocycles. The number of hydrogen-bond acceptors (Lipinski definition) is 4. The maximum Gasteiger partial charge on any atom is 0.157 e. The fourth-order valence-corrected chi connectivity index (χ4v) is 2.66. The highest BCUT2D eigenvalue weighted by Gasteiger charge is 2.37. The van der Waals surface area contributed by atoms with Crippen LogP contribution in [0.5, 0.6) is 0 Å². The van der Waals surface area contributed by atoms with Gasteiger partial charge in [-0.3, -0.25) is 0 Å². The Hall–Kier alpha value is -0.420. The van der Waals surface area contributed by atoms with Gasteiger partial charge in [0.05, 0.1) is 12.2 Å². The van der Waals surface area contributed by atoms with Crippen LogP contribution < -0.4 is 0 Å². The molecule has 1 aliphatic carbocycles. The van der Waals surface area contributed by atoms with Crippen molar-refractivity contribution in [1.82, 2.24) is 0 Å². The molecule has 18 heavy (non-hydrogen) atoms. The molecule has 1 N–H and O–H groups in total. The minimum absolute atomic E-state index is 0.184. The van der Waals surface area contributed by atoms with Crippen LogP contribution in [0.1, 0.15) is 32.1 Å². The van der Waals surface area contributed by atoms with Crippen molar-refractivity contribution >= 4 is 0 Å². The monoisotopic (exact) mass is 258 g/mol. The van der Waals surface area contributed by atoms with Crippen molar-refractivity contribution in [3.05, 3.63) is 12.2 Å². The molecule has 1 fully saturated rings. The molecule has 0 saturated heterocycles. The van der Waals surface area contributed by atoms with E-state index in [1.54, 1.807) is 21.3 Å². The van der Waals surface area contributed by atoms with E-state index in [9.17, 15) is 5.11 Å². The van der Waals surface area contributed by atoms with Crippen molar-refractivity contribution in [3.63, 3.8) is 0 Å². The van der Waals surface area contributed by atoms with E-state index in [1.807, 2.05) is 12.2 Å². The summed E-state index contributed by atoms with van der Waals surface area (Å²) in [5, 5.41) is 10.7. The van der Waals surface area contributed by atoms with Crippen LogP contribution in [0, 0.1) is 5.92 Å². The Labute approximate surface area is 110 Å². The summed E-state index contributed by atoms with van der Waals surface area (Å²) in [7, 11) is 4.92. The third kappa shape index (κ3) is 4.35. The van der Waals surface area contributed by atoms with Gasteiger partial charge < -0.3 is 19.3 Å².